The van der Waals surface area contributed by atoms with Crippen LogP contribution in [0.15, 0.2) is 36.7 Å². The largest absolute Gasteiger partial charge is 0.339 e. The van der Waals surface area contributed by atoms with E-state index in [9.17, 15) is 4.79 Å². The van der Waals surface area contributed by atoms with Gasteiger partial charge in [0.25, 0.3) is 0 Å². The van der Waals surface area contributed by atoms with E-state index in [1.165, 1.54) is 18.5 Å². The Hall–Kier alpha value is -2.69. The van der Waals surface area contributed by atoms with Crippen LogP contribution in [0.25, 0.3) is 22.3 Å². The predicted octanol–water partition coefficient (Wildman–Crippen LogP) is 3.07. The van der Waals surface area contributed by atoms with Crippen LogP contribution in [0.1, 0.15) is 24.5 Å². The Kier molecular flexibility index (Phi) is 2.70. The van der Waals surface area contributed by atoms with Gasteiger partial charge < -0.3 is 10.3 Å². The van der Waals surface area contributed by atoms with Gasteiger partial charge in [0.15, 0.2) is 0 Å². The van der Waals surface area contributed by atoms with Crippen LogP contribution < -0.4 is 5.32 Å². The summed E-state index contributed by atoms with van der Waals surface area (Å²) in [4.78, 5) is 22.6. The molecule has 1 fully saturated rings. The molecule has 0 saturated heterocycles. The van der Waals surface area contributed by atoms with Gasteiger partial charge in [0.2, 0.25) is 6.41 Å². The number of carbonyl (C=O) groups is 1. The van der Waals surface area contributed by atoms with Gasteiger partial charge in [-0.3, -0.25) is 9.78 Å². The van der Waals surface area contributed by atoms with Gasteiger partial charge >= 0.3 is 0 Å². The van der Waals surface area contributed by atoms with Crippen molar-refractivity contribution >= 4 is 23.1 Å². The van der Waals surface area contributed by atoms with Crippen molar-refractivity contribution in [3.05, 3.63) is 42.4 Å². The zero-order chi connectivity index (χ0) is 14.2. The molecule has 0 bridgehead atoms. The maximum Gasteiger partial charge on any atom is 0.211 e. The lowest BCUT2D eigenvalue weighted by molar-refractivity contribution is -0.105. The fourth-order valence-electron chi connectivity index (χ4n) is 2.50. The van der Waals surface area contributed by atoms with Crippen molar-refractivity contribution in [2.45, 2.75) is 18.8 Å². The van der Waals surface area contributed by atoms with Gasteiger partial charge in [-0.05, 0) is 37.1 Å². The van der Waals surface area contributed by atoms with E-state index >= 15 is 0 Å². The normalized spacial score (nSPS) is 14.3. The fourth-order valence-corrected chi connectivity index (χ4v) is 2.50. The fraction of sp³-hybridized carbons (Fsp3) is 0.188. The highest BCUT2D eigenvalue weighted by Crippen LogP contribution is 2.39. The first-order valence-electron chi connectivity index (χ1n) is 6.99. The Balaban J connectivity index is 1.70. The number of fused-ring (bicyclic) bond motifs is 1. The Bertz CT molecular complexity index is 803. The van der Waals surface area contributed by atoms with Crippen LogP contribution in [0.5, 0.6) is 0 Å². The van der Waals surface area contributed by atoms with Crippen LogP contribution in [0.4, 0.5) is 5.69 Å². The highest BCUT2D eigenvalue weighted by Gasteiger charge is 2.24. The summed E-state index contributed by atoms with van der Waals surface area (Å²) in [5, 5.41) is 3.57. The smallest absolute Gasteiger partial charge is 0.211 e. The number of H-pyrrole nitrogens is 1. The molecule has 1 aliphatic rings. The van der Waals surface area contributed by atoms with Crippen LogP contribution in [-0.2, 0) is 4.79 Å². The zero-order valence-electron chi connectivity index (χ0n) is 11.3. The summed E-state index contributed by atoms with van der Waals surface area (Å²) in [5.74, 6) is 0.667. The second-order valence-electron chi connectivity index (χ2n) is 5.35. The first kappa shape index (κ1) is 12.1. The maximum atomic E-state index is 10.5. The number of pyridine rings is 2. The molecule has 2 N–H and O–H groups in total. The summed E-state index contributed by atoms with van der Waals surface area (Å²) < 4.78 is 0. The van der Waals surface area contributed by atoms with Crippen LogP contribution in [0, 0.1) is 0 Å². The number of aromatic nitrogens is 3. The minimum absolute atomic E-state index is 0.650. The molecule has 0 radical (unpaired) electrons. The molecule has 5 nitrogen and oxygen atoms in total. The molecule has 104 valence electrons. The Labute approximate surface area is 121 Å². The molecular formula is C16H14N4O. The molecule has 0 spiro atoms. The van der Waals surface area contributed by atoms with Crippen LogP contribution in [-0.4, -0.2) is 21.4 Å². The summed E-state index contributed by atoms with van der Waals surface area (Å²) >= 11 is 0. The van der Waals surface area contributed by atoms with Crippen LogP contribution >= 0.6 is 0 Å². The minimum Gasteiger partial charge on any atom is -0.339 e. The molecule has 0 aliphatic heterocycles. The first-order chi connectivity index (χ1) is 10.3. The van der Waals surface area contributed by atoms with Crippen molar-refractivity contribution in [2.24, 2.45) is 0 Å². The highest BCUT2D eigenvalue weighted by molar-refractivity contribution is 5.86. The second-order valence-corrected chi connectivity index (χ2v) is 5.35. The van der Waals surface area contributed by atoms with Crippen LogP contribution in [0.2, 0.25) is 0 Å². The summed E-state index contributed by atoms with van der Waals surface area (Å²) in [6.07, 6.45) is 6.70. The zero-order valence-corrected chi connectivity index (χ0v) is 11.3. The summed E-state index contributed by atoms with van der Waals surface area (Å²) in [6.45, 7) is 0. The van der Waals surface area contributed by atoms with Gasteiger partial charge in [0.1, 0.15) is 5.65 Å². The van der Waals surface area contributed by atoms with E-state index in [1.54, 1.807) is 6.20 Å². The third-order valence-corrected chi connectivity index (χ3v) is 3.79. The first-order valence-corrected chi connectivity index (χ1v) is 6.99. The van der Waals surface area contributed by atoms with Gasteiger partial charge in [-0.1, -0.05) is 0 Å². The molecule has 1 amide bonds. The number of aromatic amines is 1. The average Bonchev–Trinajstić information content (AvgIpc) is 3.27. The summed E-state index contributed by atoms with van der Waals surface area (Å²) in [5.41, 5.74) is 4.70. The van der Waals surface area contributed by atoms with Crippen molar-refractivity contribution in [1.29, 1.82) is 0 Å². The highest BCUT2D eigenvalue weighted by atomic mass is 16.1. The number of amides is 1. The summed E-state index contributed by atoms with van der Waals surface area (Å²) in [6, 6.07) is 8.11. The SMILES string of the molecule is O=CNc1cnc2[nH]c(-c3ccc(C4CC4)nc3)cc2c1. The monoisotopic (exact) mass is 278 g/mol. The molecule has 0 aromatic carbocycles. The van der Waals surface area contributed by atoms with Crippen molar-refractivity contribution in [1.82, 2.24) is 15.0 Å². The molecule has 3 aromatic heterocycles. The molecular weight excluding hydrogens is 264 g/mol. The van der Waals surface area contributed by atoms with Gasteiger partial charge in [-0.2, -0.15) is 0 Å². The Morgan fingerprint density at radius 3 is 2.81 bits per heavy atom. The molecule has 3 aromatic rings. The molecule has 4 rings (SSSR count). The predicted molar refractivity (Wildman–Crippen MR) is 81.0 cm³/mol. The van der Waals surface area contributed by atoms with Gasteiger partial charge in [-0.25, -0.2) is 4.98 Å². The molecule has 1 saturated carbocycles. The average molecular weight is 278 g/mol. The molecule has 5 heteroatoms. The molecule has 3 heterocycles. The van der Waals surface area contributed by atoms with Gasteiger partial charge in [-0.15, -0.1) is 0 Å². The maximum absolute atomic E-state index is 10.5. The molecule has 0 unspecified atom stereocenters. The molecule has 0 atom stereocenters. The van der Waals surface area contributed by atoms with Gasteiger partial charge in [0.05, 0.1) is 11.9 Å². The lowest BCUT2D eigenvalue weighted by atomic mass is 10.1. The quantitative estimate of drug-likeness (QED) is 0.720. The number of hydrogen-bond acceptors (Lipinski definition) is 3. The molecule has 1 aliphatic carbocycles. The number of nitrogens with zero attached hydrogens (tertiary/aromatic N) is 2. The standard InChI is InChI=1S/C16H14N4O/c21-9-19-13-5-12-6-15(20-16(12)18-8-13)11-3-4-14(17-7-11)10-1-2-10/h3-10H,1-2H2,(H,18,20)(H,19,21). The van der Waals surface area contributed by atoms with Crippen molar-refractivity contribution in [2.75, 3.05) is 5.32 Å². The van der Waals surface area contributed by atoms with E-state index in [-0.39, 0.29) is 0 Å². The number of hydrogen-bond donors (Lipinski definition) is 2. The van der Waals surface area contributed by atoms with Crippen LogP contribution in [0.3, 0.4) is 0 Å². The second kappa shape index (κ2) is 4.70. The minimum atomic E-state index is 0.650. The lowest BCUT2D eigenvalue weighted by Gasteiger charge is -1.99. The van der Waals surface area contributed by atoms with Crippen molar-refractivity contribution in [3.63, 3.8) is 0 Å². The van der Waals surface area contributed by atoms with E-state index in [2.05, 4.69) is 32.4 Å². The van der Waals surface area contributed by atoms with Gasteiger partial charge in [0, 0.05) is 34.5 Å². The number of rotatable bonds is 4. The van der Waals surface area contributed by atoms with E-state index in [1.807, 2.05) is 18.3 Å². The Morgan fingerprint density at radius 1 is 1.19 bits per heavy atom. The third-order valence-electron chi connectivity index (χ3n) is 3.79. The van der Waals surface area contributed by atoms with E-state index < -0.39 is 0 Å². The number of nitrogens with one attached hydrogen (secondary N) is 2. The van der Waals surface area contributed by atoms with Crippen molar-refractivity contribution in [3.8, 4) is 11.3 Å². The third kappa shape index (κ3) is 2.27. The lowest BCUT2D eigenvalue weighted by Crippen LogP contribution is -1.93. The van der Waals surface area contributed by atoms with E-state index in [0.717, 1.165) is 22.3 Å². The Morgan fingerprint density at radius 2 is 2.10 bits per heavy atom. The summed E-state index contributed by atoms with van der Waals surface area (Å²) in [7, 11) is 0. The van der Waals surface area contributed by atoms with E-state index in [0.29, 0.717) is 18.0 Å². The number of anilines is 1. The van der Waals surface area contributed by atoms with E-state index in [4.69, 9.17) is 0 Å². The molecule has 21 heavy (non-hydrogen) atoms. The van der Waals surface area contributed by atoms with Crippen molar-refractivity contribution < 1.29 is 4.79 Å². The number of carbonyl (C=O) groups excluding carboxylic acids is 1. The topological polar surface area (TPSA) is 70.7 Å².